The smallest absolute Gasteiger partial charge is 0.302 e. The molecule has 0 saturated heterocycles. The average molecular weight is 175 g/mol. The summed E-state index contributed by atoms with van der Waals surface area (Å²) < 4.78 is 4.11. The van der Waals surface area contributed by atoms with Crippen LogP contribution in [0.25, 0.3) is 0 Å². The summed E-state index contributed by atoms with van der Waals surface area (Å²) >= 11 is 0. The number of hydrogen-bond acceptors (Lipinski definition) is 4. The van der Waals surface area contributed by atoms with Gasteiger partial charge in [0.1, 0.15) is 7.11 Å². The molecule has 0 unspecified atom stereocenters. The van der Waals surface area contributed by atoms with Crippen molar-refractivity contribution in [2.75, 3.05) is 14.2 Å². The number of esters is 1. The number of hydrogen-bond donors (Lipinski definition) is 0. The molecule has 72 valence electrons. The van der Waals surface area contributed by atoms with Crippen LogP contribution in [0.3, 0.4) is 0 Å². The zero-order valence-corrected chi connectivity index (χ0v) is 8.38. The van der Waals surface area contributed by atoms with E-state index in [4.69, 9.17) is 0 Å². The predicted molar refractivity (Wildman–Crippen MR) is 48.1 cm³/mol. The maximum atomic E-state index is 9.59. The van der Waals surface area contributed by atoms with E-state index < -0.39 is 0 Å². The molecule has 0 aliphatic rings. The first kappa shape index (κ1) is 13.5. The first-order valence-electron chi connectivity index (χ1n) is 3.69. The molecule has 0 bridgehead atoms. The summed E-state index contributed by atoms with van der Waals surface area (Å²) in [5, 5.41) is 3.66. The maximum Gasteiger partial charge on any atom is 0.302 e. The number of ether oxygens (including phenoxy) is 1. The number of carbonyl (C=O) groups is 1. The normalized spacial score (nSPS) is 9.58. The minimum atomic E-state index is -0.245. The molecular weight excluding hydrogens is 158 g/mol. The molecule has 0 rings (SSSR count). The van der Waals surface area contributed by atoms with Crippen molar-refractivity contribution in [3.05, 3.63) is 0 Å². The third kappa shape index (κ3) is 16.0. The van der Waals surface area contributed by atoms with Gasteiger partial charge in [0.2, 0.25) is 0 Å². The van der Waals surface area contributed by atoms with E-state index >= 15 is 0 Å². The Morgan fingerprint density at radius 1 is 1.33 bits per heavy atom. The van der Waals surface area contributed by atoms with Crippen molar-refractivity contribution in [1.29, 1.82) is 0 Å². The van der Waals surface area contributed by atoms with Crippen LogP contribution in [0.5, 0.6) is 0 Å². The van der Waals surface area contributed by atoms with Crippen LogP contribution in [0.15, 0.2) is 5.16 Å². The quantitative estimate of drug-likeness (QED) is 0.364. The monoisotopic (exact) mass is 175 g/mol. The lowest BCUT2D eigenvalue weighted by atomic mass is 10.3. The van der Waals surface area contributed by atoms with E-state index in [1.165, 1.54) is 14.0 Å². The van der Waals surface area contributed by atoms with Crippen LogP contribution in [-0.2, 0) is 14.4 Å². The maximum absolute atomic E-state index is 9.59. The zero-order chi connectivity index (χ0) is 9.98. The molecule has 12 heavy (non-hydrogen) atoms. The highest BCUT2D eigenvalue weighted by Gasteiger charge is 1.79. The van der Waals surface area contributed by atoms with Gasteiger partial charge in [0.25, 0.3) is 0 Å². The molecule has 0 aromatic carbocycles. The van der Waals surface area contributed by atoms with Gasteiger partial charge >= 0.3 is 5.97 Å². The highest BCUT2D eigenvalue weighted by Crippen LogP contribution is 1.81. The first-order chi connectivity index (χ1) is 5.58. The number of rotatable bonds is 2. The molecule has 0 radical (unpaired) electrons. The van der Waals surface area contributed by atoms with E-state index in [-0.39, 0.29) is 5.97 Å². The van der Waals surface area contributed by atoms with Crippen molar-refractivity contribution in [1.82, 2.24) is 0 Å². The summed E-state index contributed by atoms with van der Waals surface area (Å²) in [6, 6.07) is 0. The number of nitrogens with zero attached hydrogens (tertiary/aromatic N) is 1. The average Bonchev–Trinajstić information content (AvgIpc) is 2.06. The van der Waals surface area contributed by atoms with E-state index in [1.54, 1.807) is 7.11 Å². The second kappa shape index (κ2) is 9.94. The van der Waals surface area contributed by atoms with E-state index in [9.17, 15) is 4.79 Å². The van der Waals surface area contributed by atoms with Crippen LogP contribution in [0, 0.1) is 0 Å². The number of oxime groups is 1. The molecular formula is C8H17NO3. The van der Waals surface area contributed by atoms with Crippen molar-refractivity contribution in [3.8, 4) is 0 Å². The molecule has 0 heterocycles. The number of carbonyl (C=O) groups excluding carboxylic acids is 1. The summed E-state index contributed by atoms with van der Waals surface area (Å²) in [4.78, 5) is 14.1. The van der Waals surface area contributed by atoms with Crippen LogP contribution in [0.4, 0.5) is 0 Å². The van der Waals surface area contributed by atoms with Gasteiger partial charge < -0.3 is 9.57 Å². The van der Waals surface area contributed by atoms with Crippen molar-refractivity contribution in [3.63, 3.8) is 0 Å². The van der Waals surface area contributed by atoms with Crippen molar-refractivity contribution >= 4 is 11.7 Å². The molecule has 0 spiro atoms. The summed E-state index contributed by atoms with van der Waals surface area (Å²) in [5.74, 6) is -0.245. The third-order valence-corrected chi connectivity index (χ3v) is 1.05. The fourth-order valence-corrected chi connectivity index (χ4v) is 0.220. The minimum Gasteiger partial charge on any atom is -0.469 e. The Labute approximate surface area is 73.5 Å². The SMILES string of the molecule is CC/C(C)=N/OC.COC(C)=O. The molecule has 0 aromatic rings. The molecule has 0 aliphatic carbocycles. The molecule has 4 nitrogen and oxygen atoms in total. The standard InChI is InChI=1S/C5H11NO.C3H6O2/c1-4-5(2)6-7-3;1-3(4)5-2/h4H2,1-3H3;1-2H3/b6-5+;. The molecule has 0 amide bonds. The van der Waals surface area contributed by atoms with Crippen LogP contribution in [-0.4, -0.2) is 25.9 Å². The van der Waals surface area contributed by atoms with Crippen molar-refractivity contribution in [2.24, 2.45) is 5.16 Å². The molecule has 0 aliphatic heterocycles. The highest BCUT2D eigenvalue weighted by molar-refractivity contribution is 5.80. The van der Waals surface area contributed by atoms with Crippen LogP contribution in [0.2, 0.25) is 0 Å². The van der Waals surface area contributed by atoms with Crippen LogP contribution in [0.1, 0.15) is 27.2 Å². The van der Waals surface area contributed by atoms with Gasteiger partial charge in [0.05, 0.1) is 12.8 Å². The van der Waals surface area contributed by atoms with Gasteiger partial charge in [-0.1, -0.05) is 12.1 Å². The van der Waals surface area contributed by atoms with Crippen LogP contribution < -0.4 is 0 Å². The predicted octanol–water partition coefficient (Wildman–Crippen LogP) is 1.60. The lowest BCUT2D eigenvalue weighted by molar-refractivity contribution is -0.137. The Balaban J connectivity index is 0. The molecule has 0 N–H and O–H groups in total. The Morgan fingerprint density at radius 2 is 1.75 bits per heavy atom. The van der Waals surface area contributed by atoms with Gasteiger partial charge in [-0.15, -0.1) is 0 Å². The Kier molecular flexibility index (Phi) is 11.2. The fourth-order valence-electron chi connectivity index (χ4n) is 0.220. The Bertz CT molecular complexity index is 143. The largest absolute Gasteiger partial charge is 0.469 e. The zero-order valence-electron chi connectivity index (χ0n) is 8.38. The summed E-state index contributed by atoms with van der Waals surface area (Å²) in [6.45, 7) is 5.33. The first-order valence-corrected chi connectivity index (χ1v) is 3.69. The lowest BCUT2D eigenvalue weighted by Crippen LogP contribution is -1.88. The second-order valence-electron chi connectivity index (χ2n) is 2.06. The molecule has 0 aromatic heterocycles. The molecule has 4 heteroatoms. The van der Waals surface area contributed by atoms with Gasteiger partial charge in [-0.25, -0.2) is 0 Å². The van der Waals surface area contributed by atoms with E-state index in [0.717, 1.165) is 12.1 Å². The van der Waals surface area contributed by atoms with Gasteiger partial charge in [-0.3, -0.25) is 4.79 Å². The van der Waals surface area contributed by atoms with Gasteiger partial charge in [-0.2, -0.15) is 0 Å². The van der Waals surface area contributed by atoms with E-state index in [2.05, 4.69) is 14.7 Å². The van der Waals surface area contributed by atoms with E-state index in [0.29, 0.717) is 0 Å². The van der Waals surface area contributed by atoms with Gasteiger partial charge in [-0.05, 0) is 13.3 Å². The van der Waals surface area contributed by atoms with Gasteiger partial charge in [0.15, 0.2) is 0 Å². The lowest BCUT2D eigenvalue weighted by Gasteiger charge is -1.88. The Hall–Kier alpha value is -1.06. The second-order valence-corrected chi connectivity index (χ2v) is 2.06. The minimum absolute atomic E-state index is 0.245. The number of methoxy groups -OCH3 is 1. The summed E-state index contributed by atoms with van der Waals surface area (Å²) in [7, 11) is 2.90. The van der Waals surface area contributed by atoms with Crippen molar-refractivity contribution in [2.45, 2.75) is 27.2 Å². The Morgan fingerprint density at radius 3 is 1.83 bits per heavy atom. The van der Waals surface area contributed by atoms with Crippen molar-refractivity contribution < 1.29 is 14.4 Å². The van der Waals surface area contributed by atoms with Crippen LogP contribution >= 0.6 is 0 Å². The molecule has 0 saturated carbocycles. The molecule has 0 atom stereocenters. The molecule has 0 fully saturated rings. The fraction of sp³-hybridized carbons (Fsp3) is 0.750. The summed E-state index contributed by atoms with van der Waals surface area (Å²) in [6.07, 6.45) is 0.966. The van der Waals surface area contributed by atoms with Gasteiger partial charge in [0, 0.05) is 6.92 Å². The highest BCUT2D eigenvalue weighted by atomic mass is 16.6. The topological polar surface area (TPSA) is 47.9 Å². The third-order valence-electron chi connectivity index (χ3n) is 1.05. The summed E-state index contributed by atoms with van der Waals surface area (Å²) in [5.41, 5.74) is 1.03. The van der Waals surface area contributed by atoms with E-state index in [1.807, 2.05) is 13.8 Å².